The maximum absolute atomic E-state index is 15.6. The van der Waals surface area contributed by atoms with Crippen LogP contribution in [-0.4, -0.2) is 213 Å². The third kappa shape index (κ3) is 21.2. The van der Waals surface area contributed by atoms with Crippen molar-refractivity contribution in [3.63, 3.8) is 0 Å². The molecule has 0 spiro atoms. The van der Waals surface area contributed by atoms with Crippen molar-refractivity contribution in [3.05, 3.63) is 203 Å². The van der Waals surface area contributed by atoms with Crippen LogP contribution in [-0.2, 0) is 68.8 Å². The summed E-state index contributed by atoms with van der Waals surface area (Å²) in [5, 5.41) is 68.2. The number of hydrogen-bond acceptors (Lipinski definition) is 26. The van der Waals surface area contributed by atoms with E-state index >= 15 is 16.8 Å². The van der Waals surface area contributed by atoms with Crippen molar-refractivity contribution in [3.8, 4) is 57.3 Å². The number of ether oxygens (including phenoxy) is 8. The van der Waals surface area contributed by atoms with Crippen LogP contribution >= 0.6 is 23.5 Å². The molecule has 0 bridgehead atoms. The first-order valence-electron chi connectivity index (χ1n) is 36.0. The van der Waals surface area contributed by atoms with E-state index in [1.165, 1.54) is 53.7 Å². The quantitative estimate of drug-likeness (QED) is 0.0307. The Morgan fingerprint density at radius 3 is 1.08 bits per heavy atom. The molecule has 2 fully saturated rings. The van der Waals surface area contributed by atoms with Crippen LogP contribution in [0.3, 0.4) is 0 Å². The fourth-order valence-corrected chi connectivity index (χ4v) is 19.0. The van der Waals surface area contributed by atoms with Crippen LogP contribution in [0.2, 0.25) is 0 Å². The number of carbonyl (C=O) groups is 2. The van der Waals surface area contributed by atoms with E-state index in [1.807, 2.05) is 24.3 Å². The van der Waals surface area contributed by atoms with Crippen molar-refractivity contribution in [2.45, 2.75) is 122 Å². The number of methoxy groups -OCH3 is 6. The molecule has 114 heavy (non-hydrogen) atoms. The van der Waals surface area contributed by atoms with Crippen LogP contribution in [0.25, 0.3) is 22.8 Å². The molecule has 0 atom stereocenters. The first kappa shape index (κ1) is 84.6. The third-order valence-corrected chi connectivity index (χ3v) is 24.6. The lowest BCUT2D eigenvalue weighted by molar-refractivity contribution is 0.0134. The highest BCUT2D eigenvalue weighted by Gasteiger charge is 2.43. The van der Waals surface area contributed by atoms with Gasteiger partial charge in [0.25, 0.3) is 0 Å². The summed E-state index contributed by atoms with van der Waals surface area (Å²) in [4.78, 5) is 30.2. The van der Waals surface area contributed by atoms with Gasteiger partial charge in [-0.2, -0.15) is 13.4 Å². The Morgan fingerprint density at radius 2 is 0.754 bits per heavy atom. The summed E-state index contributed by atoms with van der Waals surface area (Å²) in [7, 11) is -3.95. The van der Waals surface area contributed by atoms with Crippen LogP contribution < -0.4 is 39.3 Å². The SMILES string of the molecule is COc1ccc(CN(Cc2ccc(OC)cc2)S(=O)(=O)c2c(SC3CN(C(=O)OC(C)(C)C)C3)ccc(B(O)O)c2-c2nnn(Cc3ccc(OC)cc3)n2)cc1.COc1ccc(CN(Cc2ccc(OC)cc2)S(=O)(=O)c2c(SC3CN(C(=O)OC(C)(C)C)C3)ccc(B(O)O)c2-c2nnnn2Cc2ccc(OC)cc2)cc1. The van der Waals surface area contributed by atoms with Crippen LogP contribution in [0.1, 0.15) is 74.9 Å². The second-order valence-electron chi connectivity index (χ2n) is 28.7. The van der Waals surface area contributed by atoms with E-state index in [4.69, 9.17) is 37.9 Å². The largest absolute Gasteiger partial charge is 0.497 e. The maximum Gasteiger partial charge on any atom is 0.489 e. The number of benzene rings is 8. The first-order chi connectivity index (χ1) is 54.3. The molecule has 2 aliphatic heterocycles. The first-order valence-corrected chi connectivity index (χ1v) is 40.7. The van der Waals surface area contributed by atoms with E-state index in [2.05, 4.69) is 30.9 Å². The Labute approximate surface area is 671 Å². The Morgan fingerprint density at radius 1 is 0.439 bits per heavy atom. The van der Waals surface area contributed by atoms with Gasteiger partial charge in [0, 0.05) is 83.8 Å². The molecule has 0 unspecified atom stereocenters. The number of aromatic nitrogens is 8. The van der Waals surface area contributed by atoms with Gasteiger partial charge in [-0.3, -0.25) is 0 Å². The van der Waals surface area contributed by atoms with Gasteiger partial charge in [-0.1, -0.05) is 84.9 Å². The molecule has 12 rings (SSSR count). The average Bonchev–Trinajstić information content (AvgIpc) is 1.22. The number of likely N-dealkylation sites (tertiary alicyclic amines) is 2. The number of rotatable bonds is 30. The molecule has 0 radical (unpaired) electrons. The lowest BCUT2D eigenvalue weighted by atomic mass is 9.76. The highest BCUT2D eigenvalue weighted by atomic mass is 32.2. The van der Waals surface area contributed by atoms with Gasteiger partial charge in [-0.15, -0.1) is 38.8 Å². The number of tetrazole rings is 2. The van der Waals surface area contributed by atoms with Crippen molar-refractivity contribution >= 4 is 80.9 Å². The van der Waals surface area contributed by atoms with Gasteiger partial charge in [0.15, 0.2) is 5.82 Å². The molecule has 8 aromatic carbocycles. The molecular formula is C78H90B2N12O18S4. The lowest BCUT2D eigenvalue weighted by Crippen LogP contribution is -2.53. The van der Waals surface area contributed by atoms with E-state index in [0.29, 0.717) is 92.7 Å². The molecule has 2 aromatic heterocycles. The number of amides is 2. The summed E-state index contributed by atoms with van der Waals surface area (Å²) >= 11 is 2.52. The number of hydrogen-bond donors (Lipinski definition) is 4. The van der Waals surface area contributed by atoms with E-state index in [0.717, 1.165) is 11.1 Å². The predicted octanol–water partition coefficient (Wildman–Crippen LogP) is 8.39. The van der Waals surface area contributed by atoms with Gasteiger partial charge in [-0.25, -0.2) is 31.1 Å². The molecule has 2 saturated heterocycles. The van der Waals surface area contributed by atoms with Gasteiger partial charge in [0.2, 0.25) is 25.9 Å². The topological polar surface area (TPSA) is 357 Å². The summed E-state index contributed by atoms with van der Waals surface area (Å²) in [5.74, 6) is 3.65. The number of carbonyl (C=O) groups excluding carboxylic acids is 2. The monoisotopic (exact) mass is 1630 g/mol. The van der Waals surface area contributed by atoms with Gasteiger partial charge in [0.1, 0.15) is 55.5 Å². The zero-order chi connectivity index (χ0) is 81.8. The Kier molecular flexibility index (Phi) is 27.4. The van der Waals surface area contributed by atoms with Crippen molar-refractivity contribution in [2.75, 3.05) is 68.8 Å². The molecule has 600 valence electrons. The highest BCUT2D eigenvalue weighted by Crippen LogP contribution is 2.43. The fraction of sp³-hybridized carbons (Fsp3) is 0.333. The Bertz CT molecular complexity index is 5070. The van der Waals surface area contributed by atoms with E-state index in [9.17, 15) is 29.7 Å². The number of nitrogens with zero attached hydrogens (tertiary/aromatic N) is 12. The standard InChI is InChI=1S/2C39H45BN6O9S2/c1-39(2,3)55-38(47)44-24-32(25-44)56-34-20-19-33(40(48)49)35(37-41-42-43-46(37)23-28-11-17-31(54-6)18-12-28)36(34)57(50,51)45(21-26-7-13-29(52-4)14-8-26)22-27-9-15-30(53-5)16-10-27;1-39(2,3)55-38(47)44-24-32(25-44)56-34-20-19-33(40(48)49)35(37-41-43-46(42-37)23-28-11-17-31(54-6)18-12-28)36(34)57(50,51)45(21-26-7-13-29(52-4)14-8-26)22-27-9-15-30(53-5)16-10-27/h2*7-20,32,48-49H,21-25H2,1-6H3. The van der Waals surface area contributed by atoms with Gasteiger partial charge in [0.05, 0.1) is 55.7 Å². The van der Waals surface area contributed by atoms with Crippen LogP contribution in [0.4, 0.5) is 9.59 Å². The average molecular weight is 1630 g/mol. The second kappa shape index (κ2) is 36.9. The lowest BCUT2D eigenvalue weighted by Gasteiger charge is -2.39. The van der Waals surface area contributed by atoms with Crippen LogP contribution in [0.5, 0.6) is 34.5 Å². The van der Waals surface area contributed by atoms with Gasteiger partial charge in [-0.05, 0) is 186 Å². The smallest absolute Gasteiger partial charge is 0.489 e. The maximum atomic E-state index is 15.6. The van der Waals surface area contributed by atoms with Crippen molar-refractivity contribution in [1.29, 1.82) is 0 Å². The minimum absolute atomic E-state index is 0.00720. The molecule has 4 N–H and O–H groups in total. The summed E-state index contributed by atoms with van der Waals surface area (Å²) in [5.41, 5.74) is 2.56. The van der Waals surface area contributed by atoms with E-state index in [-0.39, 0.29) is 93.3 Å². The van der Waals surface area contributed by atoms with E-state index < -0.39 is 57.7 Å². The summed E-state index contributed by atoms with van der Waals surface area (Å²) in [6.45, 7) is 12.0. The minimum Gasteiger partial charge on any atom is -0.497 e. The van der Waals surface area contributed by atoms with Crippen molar-refractivity contribution in [1.82, 2.24) is 58.8 Å². The molecule has 10 aromatic rings. The van der Waals surface area contributed by atoms with E-state index in [1.54, 1.807) is 227 Å². The van der Waals surface area contributed by atoms with Gasteiger partial charge >= 0.3 is 26.4 Å². The van der Waals surface area contributed by atoms with Crippen LogP contribution in [0, 0.1) is 0 Å². The summed E-state index contributed by atoms with van der Waals surface area (Å²) < 4.78 is 109. The Balaban J connectivity index is 0.000000225. The fourth-order valence-electron chi connectivity index (χ4n) is 12.2. The third-order valence-electron chi connectivity index (χ3n) is 18.1. The molecule has 30 nitrogen and oxygen atoms in total. The molecule has 2 amide bonds. The van der Waals surface area contributed by atoms with Crippen molar-refractivity contribution < 1.29 is 84.4 Å². The molecule has 36 heteroatoms. The number of sulfonamides is 2. The number of thioether (sulfide) groups is 2. The zero-order valence-electron chi connectivity index (χ0n) is 65.1. The normalized spacial score (nSPS) is 13.3. The Hall–Kier alpha value is -10.3. The molecule has 0 aliphatic carbocycles. The minimum atomic E-state index is -4.56. The second-order valence-corrected chi connectivity index (χ2v) is 35.1. The van der Waals surface area contributed by atoms with Crippen molar-refractivity contribution in [2.24, 2.45) is 0 Å². The molecule has 4 heterocycles. The zero-order valence-corrected chi connectivity index (χ0v) is 68.3. The molecule has 0 saturated carbocycles. The van der Waals surface area contributed by atoms with Crippen LogP contribution in [0.15, 0.2) is 189 Å². The molecular weight excluding hydrogens is 1540 g/mol. The highest BCUT2D eigenvalue weighted by molar-refractivity contribution is 8.01. The summed E-state index contributed by atoms with van der Waals surface area (Å²) in [6.07, 6.45) is -0.927. The summed E-state index contributed by atoms with van der Waals surface area (Å²) in [6, 6.07) is 48.8. The molecule has 2 aliphatic rings. The predicted molar refractivity (Wildman–Crippen MR) is 430 cm³/mol. The van der Waals surface area contributed by atoms with Gasteiger partial charge < -0.3 is 67.8 Å².